The second-order valence-corrected chi connectivity index (χ2v) is 6.64. The zero-order valence-corrected chi connectivity index (χ0v) is 19.3. The van der Waals surface area contributed by atoms with E-state index in [1.807, 2.05) is 43.9 Å². The zero-order chi connectivity index (χ0) is 18.9. The van der Waals surface area contributed by atoms with Crippen LogP contribution in [0.15, 0.2) is 23.2 Å². The molecule has 0 aromatic heterocycles. The number of nitrogens with zero attached hydrogens (tertiary/aromatic N) is 2. The molecule has 1 aromatic rings. The average molecular weight is 509 g/mol. The van der Waals surface area contributed by atoms with Gasteiger partial charge in [0.2, 0.25) is 5.91 Å². The standard InChI is InChI=1S/C19H29ClN4O2.HI/c1-4-18(25)24-10-9-16(13-24)23-19(21-5-2)22-12-14-7-8-15(20)11-17(14)26-6-3;/h7-8,11,16H,4-6,9-10,12-13H2,1-3H3,(H2,21,22,23);1H. The monoisotopic (exact) mass is 508 g/mol. The summed E-state index contributed by atoms with van der Waals surface area (Å²) in [6.07, 6.45) is 1.49. The molecule has 152 valence electrons. The minimum atomic E-state index is 0. The Morgan fingerprint density at radius 3 is 2.81 bits per heavy atom. The van der Waals surface area contributed by atoms with E-state index in [4.69, 9.17) is 16.3 Å². The molecule has 1 heterocycles. The summed E-state index contributed by atoms with van der Waals surface area (Å²) in [5.74, 6) is 1.72. The first-order valence-electron chi connectivity index (χ1n) is 9.31. The van der Waals surface area contributed by atoms with Crippen molar-refractivity contribution in [3.63, 3.8) is 0 Å². The number of halogens is 2. The summed E-state index contributed by atoms with van der Waals surface area (Å²) in [6, 6.07) is 5.83. The van der Waals surface area contributed by atoms with Crippen LogP contribution in [-0.2, 0) is 11.3 Å². The first-order valence-corrected chi connectivity index (χ1v) is 9.68. The molecule has 1 aromatic carbocycles. The Balaban J connectivity index is 0.00000364. The summed E-state index contributed by atoms with van der Waals surface area (Å²) in [5, 5.41) is 7.36. The molecule has 1 aliphatic rings. The van der Waals surface area contributed by atoms with Crippen molar-refractivity contribution in [1.82, 2.24) is 15.5 Å². The summed E-state index contributed by atoms with van der Waals surface area (Å²) in [6.45, 7) is 9.25. The molecule has 0 bridgehead atoms. The van der Waals surface area contributed by atoms with Gasteiger partial charge in [-0.15, -0.1) is 24.0 Å². The number of rotatable bonds is 7. The highest BCUT2D eigenvalue weighted by Gasteiger charge is 2.25. The molecule has 8 heteroatoms. The van der Waals surface area contributed by atoms with E-state index in [0.29, 0.717) is 24.6 Å². The van der Waals surface area contributed by atoms with Crippen LogP contribution in [0.5, 0.6) is 5.75 Å². The number of guanidine groups is 1. The molecule has 6 nitrogen and oxygen atoms in total. The first kappa shape index (κ1) is 23.8. The molecule has 1 unspecified atom stereocenters. The van der Waals surface area contributed by atoms with Gasteiger partial charge >= 0.3 is 0 Å². The van der Waals surface area contributed by atoms with Gasteiger partial charge in [0.1, 0.15) is 5.75 Å². The van der Waals surface area contributed by atoms with Gasteiger partial charge in [-0.1, -0.05) is 24.6 Å². The lowest BCUT2D eigenvalue weighted by Crippen LogP contribution is -2.45. The molecule has 0 aliphatic carbocycles. The van der Waals surface area contributed by atoms with E-state index in [1.54, 1.807) is 0 Å². The Hall–Kier alpha value is -1.22. The number of hydrogen-bond donors (Lipinski definition) is 2. The Kier molecular flexibility index (Phi) is 10.8. The highest BCUT2D eigenvalue weighted by atomic mass is 127. The Bertz CT molecular complexity index is 642. The maximum absolute atomic E-state index is 11.8. The van der Waals surface area contributed by atoms with E-state index in [1.165, 1.54) is 0 Å². The smallest absolute Gasteiger partial charge is 0.222 e. The highest BCUT2D eigenvalue weighted by molar-refractivity contribution is 14.0. The number of benzene rings is 1. The van der Waals surface area contributed by atoms with Crippen LogP contribution in [0.3, 0.4) is 0 Å². The van der Waals surface area contributed by atoms with Crippen LogP contribution in [0.4, 0.5) is 0 Å². The van der Waals surface area contributed by atoms with Crippen molar-refractivity contribution >= 4 is 47.4 Å². The SMILES string of the molecule is CCNC(=NCc1ccc(Cl)cc1OCC)NC1CCN(C(=O)CC)C1.I. The minimum Gasteiger partial charge on any atom is -0.493 e. The Labute approximate surface area is 184 Å². The summed E-state index contributed by atoms with van der Waals surface area (Å²) >= 11 is 6.06. The highest BCUT2D eigenvalue weighted by Crippen LogP contribution is 2.24. The van der Waals surface area contributed by atoms with E-state index in [2.05, 4.69) is 15.6 Å². The minimum absolute atomic E-state index is 0. The van der Waals surface area contributed by atoms with E-state index < -0.39 is 0 Å². The van der Waals surface area contributed by atoms with E-state index in [9.17, 15) is 4.79 Å². The molecule has 1 saturated heterocycles. The van der Waals surface area contributed by atoms with Crippen LogP contribution in [-0.4, -0.2) is 49.0 Å². The first-order chi connectivity index (χ1) is 12.6. The quantitative estimate of drug-likeness (QED) is 0.337. The van der Waals surface area contributed by atoms with Crippen molar-refractivity contribution in [1.29, 1.82) is 0 Å². The van der Waals surface area contributed by atoms with Crippen molar-refractivity contribution in [2.45, 2.75) is 46.2 Å². The van der Waals surface area contributed by atoms with Crippen molar-refractivity contribution in [3.05, 3.63) is 28.8 Å². The van der Waals surface area contributed by atoms with E-state index in [0.717, 1.165) is 43.3 Å². The van der Waals surface area contributed by atoms with Crippen LogP contribution in [0, 0.1) is 0 Å². The van der Waals surface area contributed by atoms with Crippen LogP contribution < -0.4 is 15.4 Å². The van der Waals surface area contributed by atoms with Gasteiger partial charge in [0, 0.05) is 42.7 Å². The molecule has 1 aliphatic heterocycles. The molecule has 0 spiro atoms. The summed E-state index contributed by atoms with van der Waals surface area (Å²) in [5.41, 5.74) is 0.989. The molecule has 1 atom stereocenters. The fourth-order valence-electron chi connectivity index (χ4n) is 2.95. The molecule has 27 heavy (non-hydrogen) atoms. The number of hydrogen-bond acceptors (Lipinski definition) is 3. The molecule has 0 saturated carbocycles. The lowest BCUT2D eigenvalue weighted by atomic mass is 10.2. The van der Waals surface area contributed by atoms with E-state index >= 15 is 0 Å². The third-order valence-electron chi connectivity index (χ3n) is 4.27. The lowest BCUT2D eigenvalue weighted by Gasteiger charge is -2.19. The molecule has 1 fully saturated rings. The molecule has 1 amide bonds. The van der Waals surface area contributed by atoms with Gasteiger partial charge in [-0.3, -0.25) is 4.79 Å². The van der Waals surface area contributed by atoms with Gasteiger partial charge in [-0.25, -0.2) is 4.99 Å². The lowest BCUT2D eigenvalue weighted by molar-refractivity contribution is -0.129. The maximum Gasteiger partial charge on any atom is 0.222 e. The van der Waals surface area contributed by atoms with Crippen LogP contribution >= 0.6 is 35.6 Å². The number of amides is 1. The molecular weight excluding hydrogens is 479 g/mol. The van der Waals surface area contributed by atoms with Gasteiger partial charge < -0.3 is 20.3 Å². The topological polar surface area (TPSA) is 66.0 Å². The number of nitrogens with one attached hydrogen (secondary N) is 2. The van der Waals surface area contributed by atoms with Crippen molar-refractivity contribution in [2.75, 3.05) is 26.2 Å². The fraction of sp³-hybridized carbons (Fsp3) is 0.579. The van der Waals surface area contributed by atoms with Gasteiger partial charge in [0.05, 0.1) is 13.2 Å². The third kappa shape index (κ3) is 7.37. The second-order valence-electron chi connectivity index (χ2n) is 6.20. The summed E-state index contributed by atoms with van der Waals surface area (Å²) in [7, 11) is 0. The number of carbonyl (C=O) groups is 1. The number of carbonyl (C=O) groups excluding carboxylic acids is 1. The average Bonchev–Trinajstić information content (AvgIpc) is 3.09. The normalized spacial score (nSPS) is 16.7. The summed E-state index contributed by atoms with van der Waals surface area (Å²) in [4.78, 5) is 18.4. The predicted molar refractivity (Wildman–Crippen MR) is 121 cm³/mol. The van der Waals surface area contributed by atoms with Gasteiger partial charge in [0.25, 0.3) is 0 Å². The third-order valence-corrected chi connectivity index (χ3v) is 4.50. The number of ether oxygens (including phenoxy) is 1. The molecule has 2 rings (SSSR count). The maximum atomic E-state index is 11.8. The van der Waals surface area contributed by atoms with Crippen molar-refractivity contribution in [3.8, 4) is 5.75 Å². The fourth-order valence-corrected chi connectivity index (χ4v) is 3.12. The van der Waals surface area contributed by atoms with Crippen LogP contribution in [0.25, 0.3) is 0 Å². The van der Waals surface area contributed by atoms with Crippen molar-refractivity contribution in [2.24, 2.45) is 4.99 Å². The van der Waals surface area contributed by atoms with Gasteiger partial charge in [-0.2, -0.15) is 0 Å². The predicted octanol–water partition coefficient (Wildman–Crippen LogP) is 3.42. The number of likely N-dealkylation sites (tertiary alicyclic amines) is 1. The second kappa shape index (κ2) is 12.3. The Morgan fingerprint density at radius 1 is 1.37 bits per heavy atom. The van der Waals surface area contributed by atoms with Crippen molar-refractivity contribution < 1.29 is 9.53 Å². The Morgan fingerprint density at radius 2 is 2.15 bits per heavy atom. The van der Waals surface area contributed by atoms with Gasteiger partial charge in [0.15, 0.2) is 5.96 Å². The molecule has 0 radical (unpaired) electrons. The van der Waals surface area contributed by atoms with Gasteiger partial charge in [-0.05, 0) is 32.4 Å². The number of aliphatic imine (C=N–C) groups is 1. The van der Waals surface area contributed by atoms with E-state index in [-0.39, 0.29) is 35.9 Å². The molecule has 2 N–H and O–H groups in total. The zero-order valence-electron chi connectivity index (χ0n) is 16.3. The van der Waals surface area contributed by atoms with Crippen LogP contribution in [0.2, 0.25) is 5.02 Å². The van der Waals surface area contributed by atoms with Crippen LogP contribution in [0.1, 0.15) is 39.2 Å². The molecular formula is C19H30ClIN4O2. The summed E-state index contributed by atoms with van der Waals surface area (Å²) < 4.78 is 5.66. The largest absolute Gasteiger partial charge is 0.493 e.